The van der Waals surface area contributed by atoms with E-state index in [1.165, 1.54) is 6.08 Å². The summed E-state index contributed by atoms with van der Waals surface area (Å²) in [4.78, 5) is 37.9. The predicted octanol–water partition coefficient (Wildman–Crippen LogP) is 7.74. The van der Waals surface area contributed by atoms with Crippen LogP contribution in [0, 0.1) is 10.8 Å². The number of carbonyl (C=O) groups is 3. The van der Waals surface area contributed by atoms with Gasteiger partial charge in [-0.15, -0.1) is 6.58 Å². The maximum Gasteiger partial charge on any atom is 0.316 e. The Balaban J connectivity index is 2.46. The molecule has 2 aromatic carbocycles. The van der Waals surface area contributed by atoms with Crippen LogP contribution < -0.4 is 14.2 Å². The lowest BCUT2D eigenvalue weighted by Gasteiger charge is -2.27. The highest BCUT2D eigenvalue weighted by atomic mass is 16.5. The zero-order valence-electron chi connectivity index (χ0n) is 24.9. The monoisotopic (exact) mass is 534 g/mol. The minimum atomic E-state index is -0.694. The third-order valence-corrected chi connectivity index (χ3v) is 5.87. The number of hydrogen-bond donors (Lipinski definition) is 0. The minimum absolute atomic E-state index is 0.152. The fraction of sp³-hybridized carbons (Fsp3) is 0.424. The van der Waals surface area contributed by atoms with Crippen molar-refractivity contribution in [3.63, 3.8) is 0 Å². The van der Waals surface area contributed by atoms with E-state index in [4.69, 9.17) is 14.2 Å². The molecule has 6 heteroatoms. The molecule has 0 bridgehead atoms. The highest BCUT2D eigenvalue weighted by Crippen LogP contribution is 2.39. The van der Waals surface area contributed by atoms with Crippen LogP contribution in [-0.2, 0) is 15.0 Å². The second-order valence-electron chi connectivity index (χ2n) is 12.5. The van der Waals surface area contributed by atoms with Crippen molar-refractivity contribution in [2.45, 2.75) is 80.8 Å². The summed E-state index contributed by atoms with van der Waals surface area (Å²) in [7, 11) is 0. The Hall–Kier alpha value is -3.67. The van der Waals surface area contributed by atoms with E-state index < -0.39 is 16.2 Å². The van der Waals surface area contributed by atoms with Gasteiger partial charge in [0.25, 0.3) is 0 Å². The van der Waals surface area contributed by atoms with Gasteiger partial charge in [0.1, 0.15) is 17.2 Å². The second kappa shape index (κ2) is 12.0. The molecule has 0 unspecified atom stereocenters. The third kappa shape index (κ3) is 8.67. The lowest BCUT2D eigenvalue weighted by Crippen LogP contribution is -2.27. The Morgan fingerprint density at radius 3 is 1.82 bits per heavy atom. The van der Waals surface area contributed by atoms with Gasteiger partial charge < -0.3 is 14.2 Å². The van der Waals surface area contributed by atoms with Crippen LogP contribution in [0.15, 0.2) is 55.1 Å². The lowest BCUT2D eigenvalue weighted by atomic mass is 9.83. The molecule has 0 radical (unpaired) electrons. The molecule has 0 atom stereocenters. The molecule has 0 amide bonds. The molecule has 2 rings (SSSR count). The number of benzene rings is 2. The van der Waals surface area contributed by atoms with E-state index in [1.54, 1.807) is 84.0 Å². The van der Waals surface area contributed by atoms with Crippen LogP contribution in [0.4, 0.5) is 0 Å². The zero-order valence-corrected chi connectivity index (χ0v) is 24.9. The summed E-state index contributed by atoms with van der Waals surface area (Å²) in [5.41, 5.74) is -0.0176. The van der Waals surface area contributed by atoms with Gasteiger partial charge >= 0.3 is 11.9 Å². The molecule has 39 heavy (non-hydrogen) atoms. The van der Waals surface area contributed by atoms with E-state index >= 15 is 0 Å². The Labute approximate surface area is 233 Å². The van der Waals surface area contributed by atoms with Gasteiger partial charge in [0.15, 0.2) is 5.78 Å². The Morgan fingerprint density at radius 2 is 1.33 bits per heavy atom. The first-order valence-corrected chi connectivity index (χ1v) is 13.1. The van der Waals surface area contributed by atoms with Crippen molar-refractivity contribution in [1.82, 2.24) is 0 Å². The maximum absolute atomic E-state index is 13.0. The molecule has 0 heterocycles. The van der Waals surface area contributed by atoms with Gasteiger partial charge in [0.2, 0.25) is 0 Å². The predicted molar refractivity (Wildman–Crippen MR) is 155 cm³/mol. The molecular weight excluding hydrogens is 492 g/mol. The Kier molecular flexibility index (Phi) is 9.72. The van der Waals surface area contributed by atoms with Crippen LogP contribution in [0.25, 0.3) is 6.08 Å². The van der Waals surface area contributed by atoms with Crippen molar-refractivity contribution in [2.75, 3.05) is 0 Å². The van der Waals surface area contributed by atoms with Gasteiger partial charge in [-0.2, -0.15) is 0 Å². The molecule has 0 saturated carbocycles. The second-order valence-corrected chi connectivity index (χ2v) is 12.5. The summed E-state index contributed by atoms with van der Waals surface area (Å²) in [6, 6.07) is 9.99. The molecule has 210 valence electrons. The third-order valence-electron chi connectivity index (χ3n) is 5.87. The molecule has 0 aliphatic carbocycles. The number of ether oxygens (including phenoxy) is 3. The first-order chi connectivity index (χ1) is 17.8. The number of allylic oxidation sites excluding steroid dienone is 2. The summed E-state index contributed by atoms with van der Waals surface area (Å²) in [5.74, 6) is 0.299. The van der Waals surface area contributed by atoms with Gasteiger partial charge in [-0.1, -0.05) is 19.9 Å². The maximum atomic E-state index is 13.0. The SMILES string of the molecule is C=CC(C)(C)c1cc(/C=C/C(=O)c2ccc(OC(=O)C(C)(C)C)cc2)c(OC(C)C)cc1OC(=O)C(C)(C)C. The summed E-state index contributed by atoms with van der Waals surface area (Å²) in [5, 5.41) is 0. The van der Waals surface area contributed by atoms with Crippen molar-refractivity contribution >= 4 is 23.8 Å². The summed E-state index contributed by atoms with van der Waals surface area (Å²) in [6.45, 7) is 22.4. The molecule has 6 nitrogen and oxygen atoms in total. The van der Waals surface area contributed by atoms with Gasteiger partial charge in [-0.25, -0.2) is 0 Å². The van der Waals surface area contributed by atoms with Crippen LogP contribution in [0.5, 0.6) is 17.2 Å². The van der Waals surface area contributed by atoms with Crippen molar-refractivity contribution in [1.29, 1.82) is 0 Å². The minimum Gasteiger partial charge on any atom is -0.490 e. The summed E-state index contributed by atoms with van der Waals surface area (Å²) < 4.78 is 17.3. The van der Waals surface area contributed by atoms with E-state index in [0.717, 1.165) is 5.56 Å². The fourth-order valence-corrected chi connectivity index (χ4v) is 3.22. The van der Waals surface area contributed by atoms with Crippen molar-refractivity contribution in [2.24, 2.45) is 10.8 Å². The first-order valence-electron chi connectivity index (χ1n) is 13.1. The molecule has 0 N–H and O–H groups in total. The van der Waals surface area contributed by atoms with Crippen LogP contribution in [0.1, 0.15) is 90.7 Å². The first kappa shape index (κ1) is 31.5. The van der Waals surface area contributed by atoms with Crippen LogP contribution in [0.3, 0.4) is 0 Å². The normalized spacial score (nSPS) is 12.4. The molecule has 0 aliphatic rings. The topological polar surface area (TPSA) is 78.9 Å². The standard InChI is InChI=1S/C33H42O6/c1-12-33(10,11)25-19-23(27(37-21(2)3)20-28(25)39-30(36)32(7,8)9)15-18-26(34)22-13-16-24(17-14-22)38-29(35)31(4,5)6/h12-21H,1H2,2-11H3/b18-15+. The number of carbonyl (C=O) groups excluding carboxylic acids is 3. The van der Waals surface area contributed by atoms with E-state index in [2.05, 4.69) is 6.58 Å². The van der Waals surface area contributed by atoms with Crippen molar-refractivity contribution in [3.8, 4) is 17.2 Å². The van der Waals surface area contributed by atoms with Gasteiger partial charge in [0, 0.05) is 28.2 Å². The summed E-state index contributed by atoms with van der Waals surface area (Å²) >= 11 is 0. The molecule has 0 saturated heterocycles. The van der Waals surface area contributed by atoms with E-state index in [9.17, 15) is 14.4 Å². The number of ketones is 1. The highest BCUT2D eigenvalue weighted by molar-refractivity contribution is 6.07. The number of rotatable bonds is 9. The van der Waals surface area contributed by atoms with Gasteiger partial charge in [0.05, 0.1) is 16.9 Å². The molecular formula is C33H42O6. The van der Waals surface area contributed by atoms with Crippen molar-refractivity contribution < 1.29 is 28.6 Å². The number of hydrogen-bond acceptors (Lipinski definition) is 6. The summed E-state index contributed by atoms with van der Waals surface area (Å²) in [6.07, 6.45) is 4.78. The van der Waals surface area contributed by atoms with Crippen molar-refractivity contribution in [3.05, 3.63) is 71.8 Å². The Morgan fingerprint density at radius 1 is 0.795 bits per heavy atom. The highest BCUT2D eigenvalue weighted by Gasteiger charge is 2.29. The average molecular weight is 535 g/mol. The smallest absolute Gasteiger partial charge is 0.316 e. The largest absolute Gasteiger partial charge is 0.490 e. The molecule has 0 aliphatic heterocycles. The fourth-order valence-electron chi connectivity index (χ4n) is 3.22. The molecule has 0 spiro atoms. The average Bonchev–Trinajstić information content (AvgIpc) is 2.82. The quantitative estimate of drug-likeness (QED) is 0.108. The van der Waals surface area contributed by atoms with Crippen LogP contribution >= 0.6 is 0 Å². The van der Waals surface area contributed by atoms with Gasteiger partial charge in [-0.05, 0) is 97.9 Å². The van der Waals surface area contributed by atoms with Crippen LogP contribution in [0.2, 0.25) is 0 Å². The molecule has 0 aromatic heterocycles. The molecule has 2 aromatic rings. The number of esters is 2. The zero-order chi connectivity index (χ0) is 29.8. The van der Waals surface area contributed by atoms with E-state index in [0.29, 0.717) is 28.4 Å². The van der Waals surface area contributed by atoms with E-state index in [-0.39, 0.29) is 23.8 Å². The van der Waals surface area contributed by atoms with Gasteiger partial charge in [-0.3, -0.25) is 14.4 Å². The Bertz CT molecular complexity index is 1250. The van der Waals surface area contributed by atoms with Crippen LogP contribution in [-0.4, -0.2) is 23.8 Å². The molecule has 0 fully saturated rings. The lowest BCUT2D eigenvalue weighted by molar-refractivity contribution is -0.143. The van der Waals surface area contributed by atoms with E-state index in [1.807, 2.05) is 33.8 Å².